The number of nitrogens with zero attached hydrogens (tertiary/aromatic N) is 2. The summed E-state index contributed by atoms with van der Waals surface area (Å²) >= 11 is 0. The van der Waals surface area contributed by atoms with Crippen molar-refractivity contribution >= 4 is 21.6 Å². The zero-order chi connectivity index (χ0) is 20.4. The third kappa shape index (κ3) is 4.23. The molecule has 0 radical (unpaired) electrons. The van der Waals surface area contributed by atoms with E-state index in [4.69, 9.17) is 0 Å². The fraction of sp³-hybridized carbons (Fsp3) is 0.435. The molecule has 0 aromatic heterocycles. The molecule has 0 saturated carbocycles. The minimum absolute atomic E-state index is 0.115. The predicted octanol–water partition coefficient (Wildman–Crippen LogP) is 3.77. The van der Waals surface area contributed by atoms with Gasteiger partial charge in [0, 0.05) is 31.7 Å². The van der Waals surface area contributed by atoms with Crippen LogP contribution in [0, 0.1) is 12.8 Å². The molecule has 29 heavy (non-hydrogen) atoms. The molecule has 4 rings (SSSR count). The maximum absolute atomic E-state index is 13.1. The largest absolute Gasteiger partial charge is 0.312 e. The highest BCUT2D eigenvalue weighted by atomic mass is 32.2. The number of carbonyl (C=O) groups is 1. The van der Waals surface area contributed by atoms with Gasteiger partial charge in [0.1, 0.15) is 0 Å². The minimum atomic E-state index is -3.50. The van der Waals surface area contributed by atoms with Crippen LogP contribution in [0.4, 0.5) is 5.69 Å². The Morgan fingerprint density at radius 3 is 2.34 bits per heavy atom. The number of amides is 1. The Kier molecular flexibility index (Phi) is 5.74. The zero-order valence-corrected chi connectivity index (χ0v) is 17.7. The van der Waals surface area contributed by atoms with E-state index in [1.54, 1.807) is 27.4 Å². The van der Waals surface area contributed by atoms with Crippen LogP contribution < -0.4 is 4.90 Å². The van der Waals surface area contributed by atoms with Crippen molar-refractivity contribution in [3.8, 4) is 0 Å². The highest BCUT2D eigenvalue weighted by Crippen LogP contribution is 2.30. The lowest BCUT2D eigenvalue weighted by Crippen LogP contribution is -2.39. The van der Waals surface area contributed by atoms with Crippen LogP contribution in [-0.2, 0) is 21.2 Å². The van der Waals surface area contributed by atoms with E-state index in [0.717, 1.165) is 36.9 Å². The van der Waals surface area contributed by atoms with Crippen LogP contribution in [0.3, 0.4) is 0 Å². The molecule has 2 saturated heterocycles. The van der Waals surface area contributed by atoms with Gasteiger partial charge in [-0.2, -0.15) is 4.31 Å². The predicted molar refractivity (Wildman–Crippen MR) is 114 cm³/mol. The van der Waals surface area contributed by atoms with Gasteiger partial charge in [-0.25, -0.2) is 8.42 Å². The molecule has 1 amide bonds. The Balaban J connectivity index is 1.44. The maximum atomic E-state index is 13.1. The van der Waals surface area contributed by atoms with E-state index < -0.39 is 10.0 Å². The van der Waals surface area contributed by atoms with Crippen LogP contribution in [0.15, 0.2) is 53.4 Å². The van der Waals surface area contributed by atoms with Crippen molar-refractivity contribution in [2.24, 2.45) is 5.92 Å². The average Bonchev–Trinajstić information content (AvgIpc) is 3.15. The third-order valence-corrected chi connectivity index (χ3v) is 8.01. The topological polar surface area (TPSA) is 57.7 Å². The van der Waals surface area contributed by atoms with Crippen LogP contribution in [0.1, 0.15) is 36.8 Å². The second-order valence-corrected chi connectivity index (χ2v) is 10.1. The molecule has 2 heterocycles. The van der Waals surface area contributed by atoms with Gasteiger partial charge in [0.15, 0.2) is 0 Å². The molecule has 0 spiro atoms. The van der Waals surface area contributed by atoms with E-state index in [1.807, 2.05) is 13.0 Å². The smallest absolute Gasteiger partial charge is 0.243 e. The SMILES string of the molecule is Cc1cc(S(=O)(=O)N2CCC(Cc3ccccc3)CC2)ccc1N1CCCC1=O. The van der Waals surface area contributed by atoms with Gasteiger partial charge in [0.25, 0.3) is 0 Å². The second kappa shape index (κ2) is 8.28. The molecule has 2 aromatic carbocycles. The Labute approximate surface area is 173 Å². The van der Waals surface area contributed by atoms with Gasteiger partial charge in [0.05, 0.1) is 4.90 Å². The monoisotopic (exact) mass is 412 g/mol. The van der Waals surface area contributed by atoms with Crippen molar-refractivity contribution in [3.05, 3.63) is 59.7 Å². The van der Waals surface area contributed by atoms with Gasteiger partial charge < -0.3 is 4.90 Å². The third-order valence-electron chi connectivity index (χ3n) is 6.11. The summed E-state index contributed by atoms with van der Waals surface area (Å²) in [4.78, 5) is 14.1. The summed E-state index contributed by atoms with van der Waals surface area (Å²) in [5, 5.41) is 0. The first-order valence-corrected chi connectivity index (χ1v) is 11.8. The summed E-state index contributed by atoms with van der Waals surface area (Å²) in [5.41, 5.74) is 2.98. The first kappa shape index (κ1) is 20.1. The number of sulfonamides is 1. The Hall–Kier alpha value is -2.18. The van der Waals surface area contributed by atoms with E-state index >= 15 is 0 Å². The molecular weight excluding hydrogens is 384 g/mol. The molecule has 2 aromatic rings. The summed E-state index contributed by atoms with van der Waals surface area (Å²) in [6.45, 7) is 3.71. The number of hydrogen-bond acceptors (Lipinski definition) is 3. The number of carbonyl (C=O) groups excluding carboxylic acids is 1. The molecule has 2 aliphatic heterocycles. The lowest BCUT2D eigenvalue weighted by Gasteiger charge is -2.31. The number of anilines is 1. The minimum Gasteiger partial charge on any atom is -0.312 e. The van der Waals surface area contributed by atoms with Gasteiger partial charge >= 0.3 is 0 Å². The van der Waals surface area contributed by atoms with E-state index in [1.165, 1.54) is 5.56 Å². The van der Waals surface area contributed by atoms with Crippen LogP contribution in [0.5, 0.6) is 0 Å². The quantitative estimate of drug-likeness (QED) is 0.751. The molecule has 154 valence electrons. The molecule has 0 aliphatic carbocycles. The molecule has 0 N–H and O–H groups in total. The molecule has 0 atom stereocenters. The van der Waals surface area contributed by atoms with Crippen molar-refractivity contribution in [3.63, 3.8) is 0 Å². The number of benzene rings is 2. The molecule has 2 fully saturated rings. The summed E-state index contributed by atoms with van der Waals surface area (Å²) < 4.78 is 27.9. The van der Waals surface area contributed by atoms with Gasteiger partial charge in [-0.15, -0.1) is 0 Å². The normalized spacial score (nSPS) is 19.1. The molecule has 0 unspecified atom stereocenters. The first-order valence-electron chi connectivity index (χ1n) is 10.4. The number of rotatable bonds is 5. The van der Waals surface area contributed by atoms with Crippen molar-refractivity contribution in [2.45, 2.75) is 43.9 Å². The fourth-order valence-electron chi connectivity index (χ4n) is 4.44. The van der Waals surface area contributed by atoms with Crippen LogP contribution in [-0.4, -0.2) is 38.3 Å². The second-order valence-electron chi connectivity index (χ2n) is 8.13. The maximum Gasteiger partial charge on any atom is 0.243 e. The van der Waals surface area contributed by atoms with Crippen LogP contribution >= 0.6 is 0 Å². The van der Waals surface area contributed by atoms with Crippen LogP contribution in [0.2, 0.25) is 0 Å². The van der Waals surface area contributed by atoms with Gasteiger partial charge in [-0.05, 0) is 67.9 Å². The highest BCUT2D eigenvalue weighted by molar-refractivity contribution is 7.89. The van der Waals surface area contributed by atoms with Gasteiger partial charge in [-0.3, -0.25) is 4.79 Å². The van der Waals surface area contributed by atoms with E-state index in [-0.39, 0.29) is 5.91 Å². The summed E-state index contributed by atoms with van der Waals surface area (Å²) in [7, 11) is -3.50. The Bertz CT molecular complexity index is 980. The average molecular weight is 413 g/mol. The summed E-state index contributed by atoms with van der Waals surface area (Å²) in [6.07, 6.45) is 4.20. The lowest BCUT2D eigenvalue weighted by molar-refractivity contribution is -0.117. The molecule has 0 bridgehead atoms. The van der Waals surface area contributed by atoms with Gasteiger partial charge in [-0.1, -0.05) is 30.3 Å². The van der Waals surface area contributed by atoms with Crippen LogP contribution in [0.25, 0.3) is 0 Å². The molecule has 5 nitrogen and oxygen atoms in total. The number of piperidine rings is 1. The van der Waals surface area contributed by atoms with E-state index in [0.29, 0.717) is 36.9 Å². The fourth-order valence-corrected chi connectivity index (χ4v) is 6.00. The van der Waals surface area contributed by atoms with E-state index in [9.17, 15) is 13.2 Å². The van der Waals surface area contributed by atoms with Crippen molar-refractivity contribution in [1.82, 2.24) is 4.31 Å². The molecular formula is C23H28N2O3S. The summed E-state index contributed by atoms with van der Waals surface area (Å²) in [5.74, 6) is 0.637. The molecule has 2 aliphatic rings. The number of aryl methyl sites for hydroxylation is 1. The Morgan fingerprint density at radius 1 is 1.00 bits per heavy atom. The zero-order valence-electron chi connectivity index (χ0n) is 16.9. The summed E-state index contributed by atoms with van der Waals surface area (Å²) in [6, 6.07) is 15.6. The Morgan fingerprint density at radius 2 is 1.72 bits per heavy atom. The lowest BCUT2D eigenvalue weighted by atomic mass is 9.91. The van der Waals surface area contributed by atoms with Crippen molar-refractivity contribution in [1.29, 1.82) is 0 Å². The number of hydrogen-bond donors (Lipinski definition) is 0. The van der Waals surface area contributed by atoms with Crippen molar-refractivity contribution in [2.75, 3.05) is 24.5 Å². The highest BCUT2D eigenvalue weighted by Gasteiger charge is 2.30. The first-order chi connectivity index (χ1) is 13.9. The van der Waals surface area contributed by atoms with Crippen molar-refractivity contribution < 1.29 is 13.2 Å². The van der Waals surface area contributed by atoms with E-state index in [2.05, 4.69) is 24.3 Å². The molecule has 6 heteroatoms. The van der Waals surface area contributed by atoms with Gasteiger partial charge in [0.2, 0.25) is 15.9 Å². The standard InChI is InChI=1S/C23H28N2O3S/c1-18-16-21(9-10-22(18)25-13-5-8-23(25)26)29(27,28)24-14-11-20(12-15-24)17-19-6-3-2-4-7-19/h2-4,6-7,9-10,16,20H,5,8,11-15,17H2,1H3.